The Hall–Kier alpha value is -3.40. The van der Waals surface area contributed by atoms with Crippen LogP contribution in [0.2, 0.25) is 0 Å². The Labute approximate surface area is 170 Å². The molecule has 1 aliphatic rings. The number of rotatable bonds is 6. The highest BCUT2D eigenvalue weighted by atomic mass is 16.6. The van der Waals surface area contributed by atoms with E-state index in [0.29, 0.717) is 12.8 Å². The standard InChI is InChI=1S/C25H23NO3/c1-2-9-21(16-20-14-8-13-18-10-6-7-15-22(18)20)24(27)26-23(17-29-25(26)28)19-11-4-3-5-12-19/h2-8,10-15,21,23H,1,9,16-17H2/t21-,23+/m0/s1. The summed E-state index contributed by atoms with van der Waals surface area (Å²) in [4.78, 5) is 27.2. The Morgan fingerprint density at radius 1 is 1.07 bits per heavy atom. The summed E-state index contributed by atoms with van der Waals surface area (Å²) in [6, 6.07) is 23.4. The molecule has 3 aromatic rings. The van der Waals surface area contributed by atoms with Gasteiger partial charge in [0.05, 0.1) is 0 Å². The van der Waals surface area contributed by atoms with Gasteiger partial charge in [0.1, 0.15) is 12.6 Å². The summed E-state index contributed by atoms with van der Waals surface area (Å²) >= 11 is 0. The lowest BCUT2D eigenvalue weighted by Gasteiger charge is -2.25. The molecule has 3 aromatic carbocycles. The second kappa shape index (κ2) is 8.31. The Morgan fingerprint density at radius 3 is 2.59 bits per heavy atom. The second-order valence-electron chi connectivity index (χ2n) is 7.28. The van der Waals surface area contributed by atoms with E-state index in [1.54, 1.807) is 6.08 Å². The van der Waals surface area contributed by atoms with Crippen molar-refractivity contribution in [2.24, 2.45) is 5.92 Å². The molecule has 2 amide bonds. The summed E-state index contributed by atoms with van der Waals surface area (Å²) in [5, 5.41) is 2.26. The summed E-state index contributed by atoms with van der Waals surface area (Å²) in [5.41, 5.74) is 1.99. The number of nitrogens with zero attached hydrogens (tertiary/aromatic N) is 1. The highest BCUT2D eigenvalue weighted by Crippen LogP contribution is 2.31. The minimum absolute atomic E-state index is 0.184. The molecule has 0 unspecified atom stereocenters. The molecule has 29 heavy (non-hydrogen) atoms. The largest absolute Gasteiger partial charge is 0.446 e. The van der Waals surface area contributed by atoms with Crippen LogP contribution in [0, 0.1) is 5.92 Å². The van der Waals surface area contributed by atoms with E-state index in [1.807, 2.05) is 54.6 Å². The third kappa shape index (κ3) is 3.79. The van der Waals surface area contributed by atoms with Crippen molar-refractivity contribution in [2.75, 3.05) is 6.61 Å². The van der Waals surface area contributed by atoms with E-state index in [1.165, 1.54) is 4.90 Å². The van der Waals surface area contributed by atoms with E-state index in [2.05, 4.69) is 24.8 Å². The molecule has 0 aromatic heterocycles. The molecular weight excluding hydrogens is 362 g/mol. The Kier molecular flexibility index (Phi) is 5.43. The molecular formula is C25H23NO3. The van der Waals surface area contributed by atoms with Crippen LogP contribution in [0.1, 0.15) is 23.6 Å². The fourth-order valence-electron chi connectivity index (χ4n) is 3.99. The van der Waals surface area contributed by atoms with E-state index in [0.717, 1.165) is 21.9 Å². The van der Waals surface area contributed by atoms with E-state index >= 15 is 0 Å². The Bertz CT molecular complexity index is 1040. The van der Waals surface area contributed by atoms with Crippen LogP contribution in [0.5, 0.6) is 0 Å². The van der Waals surface area contributed by atoms with E-state index in [9.17, 15) is 9.59 Å². The first-order valence-corrected chi connectivity index (χ1v) is 9.81. The van der Waals surface area contributed by atoms with E-state index in [4.69, 9.17) is 4.74 Å². The molecule has 0 bridgehead atoms. The van der Waals surface area contributed by atoms with Gasteiger partial charge in [-0.05, 0) is 34.7 Å². The third-order valence-electron chi connectivity index (χ3n) is 5.44. The van der Waals surface area contributed by atoms with Gasteiger partial charge < -0.3 is 4.74 Å². The van der Waals surface area contributed by atoms with Crippen LogP contribution in [-0.2, 0) is 16.0 Å². The van der Waals surface area contributed by atoms with Gasteiger partial charge >= 0.3 is 6.09 Å². The number of hydrogen-bond acceptors (Lipinski definition) is 3. The maximum Gasteiger partial charge on any atom is 0.417 e. The lowest BCUT2D eigenvalue weighted by Crippen LogP contribution is -2.39. The number of hydrogen-bond donors (Lipinski definition) is 0. The topological polar surface area (TPSA) is 46.6 Å². The molecule has 2 atom stereocenters. The molecule has 4 nitrogen and oxygen atoms in total. The van der Waals surface area contributed by atoms with Gasteiger partial charge in [-0.3, -0.25) is 4.79 Å². The van der Waals surface area contributed by atoms with Gasteiger partial charge in [0.15, 0.2) is 0 Å². The lowest BCUT2D eigenvalue weighted by atomic mass is 9.91. The van der Waals surface area contributed by atoms with Gasteiger partial charge in [-0.15, -0.1) is 6.58 Å². The molecule has 1 saturated heterocycles. The van der Waals surface area contributed by atoms with Crippen molar-refractivity contribution in [3.05, 3.63) is 96.6 Å². The van der Waals surface area contributed by atoms with Gasteiger partial charge in [-0.2, -0.15) is 0 Å². The summed E-state index contributed by atoms with van der Waals surface area (Å²) in [6.45, 7) is 4.01. The minimum Gasteiger partial charge on any atom is -0.446 e. The maximum atomic E-state index is 13.4. The van der Waals surface area contributed by atoms with Crippen LogP contribution in [0.25, 0.3) is 10.8 Å². The van der Waals surface area contributed by atoms with Crippen LogP contribution in [0.4, 0.5) is 4.79 Å². The van der Waals surface area contributed by atoms with Crippen LogP contribution in [-0.4, -0.2) is 23.5 Å². The molecule has 0 radical (unpaired) electrons. The van der Waals surface area contributed by atoms with Crippen molar-refractivity contribution in [1.82, 2.24) is 4.90 Å². The number of benzene rings is 3. The summed E-state index contributed by atoms with van der Waals surface area (Å²) in [7, 11) is 0. The third-order valence-corrected chi connectivity index (χ3v) is 5.44. The van der Waals surface area contributed by atoms with Crippen LogP contribution in [0.15, 0.2) is 85.5 Å². The maximum absolute atomic E-state index is 13.4. The van der Waals surface area contributed by atoms with Gasteiger partial charge in [0, 0.05) is 5.92 Å². The number of carbonyl (C=O) groups excluding carboxylic acids is 2. The highest BCUT2D eigenvalue weighted by molar-refractivity contribution is 5.95. The number of amides is 2. The molecule has 4 rings (SSSR count). The first kappa shape index (κ1) is 18.9. The summed E-state index contributed by atoms with van der Waals surface area (Å²) in [6.07, 6.45) is 2.20. The normalized spacial score (nSPS) is 17.2. The number of carbonyl (C=O) groups is 2. The zero-order valence-corrected chi connectivity index (χ0v) is 16.2. The monoisotopic (exact) mass is 385 g/mol. The molecule has 0 aliphatic carbocycles. The number of ether oxygens (including phenoxy) is 1. The van der Waals surface area contributed by atoms with Gasteiger partial charge in [0.2, 0.25) is 5.91 Å². The molecule has 1 aliphatic heterocycles. The predicted octanol–water partition coefficient (Wildman–Crippen LogP) is 5.29. The SMILES string of the molecule is C=CC[C@@H](Cc1cccc2ccccc12)C(=O)N1C(=O)OC[C@@H]1c1ccccc1. The number of fused-ring (bicyclic) bond motifs is 1. The number of cyclic esters (lactones) is 1. The van der Waals surface area contributed by atoms with Crippen molar-refractivity contribution in [1.29, 1.82) is 0 Å². The summed E-state index contributed by atoms with van der Waals surface area (Å²) < 4.78 is 5.24. The molecule has 0 spiro atoms. The number of allylic oxidation sites excluding steroid dienone is 1. The Balaban J connectivity index is 1.64. The van der Waals surface area contributed by atoms with Crippen molar-refractivity contribution in [3.8, 4) is 0 Å². The second-order valence-corrected chi connectivity index (χ2v) is 7.28. The quantitative estimate of drug-likeness (QED) is 0.541. The average molecular weight is 385 g/mol. The van der Waals surface area contributed by atoms with Gasteiger partial charge in [-0.1, -0.05) is 78.9 Å². The Morgan fingerprint density at radius 2 is 1.79 bits per heavy atom. The number of imide groups is 1. The van der Waals surface area contributed by atoms with Gasteiger partial charge in [-0.25, -0.2) is 9.69 Å². The predicted molar refractivity (Wildman–Crippen MR) is 113 cm³/mol. The fourth-order valence-corrected chi connectivity index (χ4v) is 3.99. The molecule has 1 fully saturated rings. The van der Waals surface area contributed by atoms with E-state index < -0.39 is 12.1 Å². The highest BCUT2D eigenvalue weighted by Gasteiger charge is 2.41. The molecule has 0 N–H and O–H groups in total. The fraction of sp³-hybridized carbons (Fsp3) is 0.200. The van der Waals surface area contributed by atoms with E-state index in [-0.39, 0.29) is 18.4 Å². The smallest absolute Gasteiger partial charge is 0.417 e. The zero-order valence-electron chi connectivity index (χ0n) is 16.2. The summed E-state index contributed by atoms with van der Waals surface area (Å²) in [5.74, 6) is -0.593. The van der Waals surface area contributed by atoms with Crippen LogP contribution in [0.3, 0.4) is 0 Å². The molecule has 4 heteroatoms. The van der Waals surface area contributed by atoms with Crippen LogP contribution >= 0.6 is 0 Å². The van der Waals surface area contributed by atoms with Crippen LogP contribution < -0.4 is 0 Å². The van der Waals surface area contributed by atoms with Crippen molar-refractivity contribution in [3.63, 3.8) is 0 Å². The zero-order chi connectivity index (χ0) is 20.2. The van der Waals surface area contributed by atoms with Crippen molar-refractivity contribution >= 4 is 22.8 Å². The van der Waals surface area contributed by atoms with Crippen molar-refractivity contribution in [2.45, 2.75) is 18.9 Å². The first-order valence-electron chi connectivity index (χ1n) is 9.81. The molecule has 146 valence electrons. The lowest BCUT2D eigenvalue weighted by molar-refractivity contribution is -0.133. The van der Waals surface area contributed by atoms with Gasteiger partial charge in [0.25, 0.3) is 0 Å². The van der Waals surface area contributed by atoms with Crippen molar-refractivity contribution < 1.29 is 14.3 Å². The molecule has 0 saturated carbocycles. The first-order chi connectivity index (χ1) is 14.2. The average Bonchev–Trinajstić information content (AvgIpc) is 3.15. The molecule has 1 heterocycles. The minimum atomic E-state index is -0.573.